The van der Waals surface area contributed by atoms with Gasteiger partial charge in [0.1, 0.15) is 12.7 Å². The zero-order valence-corrected chi connectivity index (χ0v) is 6.95. The SMILES string of the molecule is C=C(C)C(=O)OCC(O)CON. The molecule has 0 rings (SSSR count). The Bertz CT molecular complexity index is 169. The van der Waals surface area contributed by atoms with Crippen LogP contribution in [-0.2, 0) is 14.4 Å². The quantitative estimate of drug-likeness (QED) is 0.330. The van der Waals surface area contributed by atoms with Gasteiger partial charge in [-0.05, 0) is 6.92 Å². The highest BCUT2D eigenvalue weighted by atomic mass is 16.6. The van der Waals surface area contributed by atoms with E-state index in [2.05, 4.69) is 22.1 Å². The molecule has 0 heterocycles. The molecule has 12 heavy (non-hydrogen) atoms. The van der Waals surface area contributed by atoms with Crippen molar-refractivity contribution in [2.75, 3.05) is 13.2 Å². The van der Waals surface area contributed by atoms with Crippen LogP contribution in [0.15, 0.2) is 12.2 Å². The number of nitrogens with two attached hydrogens (primary N) is 1. The molecule has 3 N–H and O–H groups in total. The lowest BCUT2D eigenvalue weighted by molar-refractivity contribution is -0.143. The van der Waals surface area contributed by atoms with Crippen LogP contribution < -0.4 is 5.90 Å². The van der Waals surface area contributed by atoms with Crippen LogP contribution in [0.25, 0.3) is 0 Å². The van der Waals surface area contributed by atoms with Crippen molar-refractivity contribution in [1.82, 2.24) is 0 Å². The van der Waals surface area contributed by atoms with E-state index in [4.69, 9.17) is 5.11 Å². The minimum Gasteiger partial charge on any atom is -0.460 e. The molecule has 0 aromatic carbocycles. The molecule has 0 fully saturated rings. The third-order valence-corrected chi connectivity index (χ3v) is 1.04. The maximum absolute atomic E-state index is 10.7. The second kappa shape index (κ2) is 5.70. The molecular formula is C7H13NO4. The third-order valence-electron chi connectivity index (χ3n) is 1.04. The van der Waals surface area contributed by atoms with Crippen LogP contribution in [0.3, 0.4) is 0 Å². The molecule has 5 nitrogen and oxygen atoms in total. The molecule has 70 valence electrons. The van der Waals surface area contributed by atoms with Crippen LogP contribution in [0.2, 0.25) is 0 Å². The van der Waals surface area contributed by atoms with Crippen LogP contribution in [0.5, 0.6) is 0 Å². The van der Waals surface area contributed by atoms with E-state index in [0.29, 0.717) is 0 Å². The number of aliphatic hydroxyl groups is 1. The van der Waals surface area contributed by atoms with Crippen LogP contribution in [0, 0.1) is 0 Å². The Labute approximate surface area is 70.7 Å². The molecule has 0 saturated heterocycles. The first-order chi connectivity index (χ1) is 5.57. The summed E-state index contributed by atoms with van der Waals surface area (Å²) in [5.74, 6) is 4.14. The van der Waals surface area contributed by atoms with Gasteiger partial charge in [0.05, 0.1) is 6.61 Å². The predicted molar refractivity (Wildman–Crippen MR) is 41.9 cm³/mol. The zero-order valence-electron chi connectivity index (χ0n) is 6.95. The zero-order chi connectivity index (χ0) is 9.56. The lowest BCUT2D eigenvalue weighted by Crippen LogP contribution is -2.25. The standard InChI is InChI=1S/C7H13NO4/c1-5(2)7(10)11-3-6(9)4-12-8/h6,9H,1,3-4,8H2,2H3. The van der Waals surface area contributed by atoms with Crippen molar-refractivity contribution < 1.29 is 19.5 Å². The second-order valence-corrected chi connectivity index (χ2v) is 2.37. The van der Waals surface area contributed by atoms with E-state index in [1.807, 2.05) is 0 Å². The summed E-state index contributed by atoms with van der Waals surface area (Å²) in [5, 5.41) is 8.97. The Morgan fingerprint density at radius 2 is 2.25 bits per heavy atom. The summed E-state index contributed by atoms with van der Waals surface area (Å²) in [6, 6.07) is 0. The number of ether oxygens (including phenoxy) is 1. The monoisotopic (exact) mass is 175 g/mol. The van der Waals surface area contributed by atoms with Gasteiger partial charge in [-0.2, -0.15) is 0 Å². The Hall–Kier alpha value is -0.910. The smallest absolute Gasteiger partial charge is 0.333 e. The van der Waals surface area contributed by atoms with Crippen LogP contribution in [0.1, 0.15) is 6.92 Å². The van der Waals surface area contributed by atoms with Crippen molar-refractivity contribution in [3.8, 4) is 0 Å². The molecule has 0 aliphatic rings. The summed E-state index contributed by atoms with van der Waals surface area (Å²) in [4.78, 5) is 14.9. The number of rotatable bonds is 5. The average molecular weight is 175 g/mol. The molecule has 0 aromatic heterocycles. The fourth-order valence-electron chi connectivity index (χ4n) is 0.454. The maximum Gasteiger partial charge on any atom is 0.333 e. The van der Waals surface area contributed by atoms with Gasteiger partial charge in [0.15, 0.2) is 0 Å². The maximum atomic E-state index is 10.7. The van der Waals surface area contributed by atoms with Gasteiger partial charge in [0.25, 0.3) is 0 Å². The molecule has 0 spiro atoms. The van der Waals surface area contributed by atoms with Crippen molar-refractivity contribution in [2.24, 2.45) is 5.90 Å². The highest BCUT2D eigenvalue weighted by Crippen LogP contribution is 1.93. The molecule has 0 aliphatic carbocycles. The van der Waals surface area contributed by atoms with Crippen molar-refractivity contribution in [3.05, 3.63) is 12.2 Å². The van der Waals surface area contributed by atoms with E-state index in [9.17, 15) is 4.79 Å². The molecule has 0 bridgehead atoms. The number of hydrogen-bond acceptors (Lipinski definition) is 5. The van der Waals surface area contributed by atoms with Crippen molar-refractivity contribution in [2.45, 2.75) is 13.0 Å². The lowest BCUT2D eigenvalue weighted by Gasteiger charge is -2.09. The number of carbonyl (C=O) groups excluding carboxylic acids is 1. The summed E-state index contributed by atoms with van der Waals surface area (Å²) in [5.41, 5.74) is 0.288. The largest absolute Gasteiger partial charge is 0.460 e. The third kappa shape index (κ3) is 4.84. The van der Waals surface area contributed by atoms with Gasteiger partial charge < -0.3 is 14.7 Å². The van der Waals surface area contributed by atoms with E-state index >= 15 is 0 Å². The fraction of sp³-hybridized carbons (Fsp3) is 0.571. The van der Waals surface area contributed by atoms with Gasteiger partial charge in [-0.25, -0.2) is 10.7 Å². The summed E-state index contributed by atoms with van der Waals surface area (Å²) in [6.07, 6.45) is -0.890. The lowest BCUT2D eigenvalue weighted by atomic mass is 10.3. The molecule has 1 unspecified atom stereocenters. The Morgan fingerprint density at radius 3 is 2.67 bits per heavy atom. The minimum atomic E-state index is -0.890. The molecule has 1 atom stereocenters. The van der Waals surface area contributed by atoms with Gasteiger partial charge in [0.2, 0.25) is 0 Å². The van der Waals surface area contributed by atoms with Gasteiger partial charge in [-0.15, -0.1) is 0 Å². The van der Waals surface area contributed by atoms with Gasteiger partial charge >= 0.3 is 5.97 Å². The van der Waals surface area contributed by atoms with Gasteiger partial charge in [0, 0.05) is 5.57 Å². The topological polar surface area (TPSA) is 81.8 Å². The molecule has 0 radical (unpaired) electrons. The van der Waals surface area contributed by atoms with E-state index in [1.54, 1.807) is 0 Å². The van der Waals surface area contributed by atoms with Crippen LogP contribution in [-0.4, -0.2) is 30.4 Å². The van der Waals surface area contributed by atoms with Crippen molar-refractivity contribution >= 4 is 5.97 Å². The number of carbonyl (C=O) groups is 1. The molecule has 0 aliphatic heterocycles. The van der Waals surface area contributed by atoms with E-state index < -0.39 is 12.1 Å². The molecular weight excluding hydrogens is 162 g/mol. The highest BCUT2D eigenvalue weighted by Gasteiger charge is 2.08. The predicted octanol–water partition coefficient (Wildman–Crippen LogP) is -0.643. The van der Waals surface area contributed by atoms with Crippen LogP contribution >= 0.6 is 0 Å². The summed E-state index contributed by atoms with van der Waals surface area (Å²) >= 11 is 0. The summed E-state index contributed by atoms with van der Waals surface area (Å²) in [7, 11) is 0. The van der Waals surface area contributed by atoms with Crippen molar-refractivity contribution in [1.29, 1.82) is 0 Å². The number of esters is 1. The molecule has 0 amide bonds. The molecule has 0 saturated carbocycles. The first-order valence-corrected chi connectivity index (χ1v) is 3.40. The normalized spacial score (nSPS) is 12.2. The van der Waals surface area contributed by atoms with E-state index in [1.165, 1.54) is 6.92 Å². The second-order valence-electron chi connectivity index (χ2n) is 2.37. The fourth-order valence-corrected chi connectivity index (χ4v) is 0.454. The number of aliphatic hydroxyl groups excluding tert-OH is 1. The number of hydrogen-bond donors (Lipinski definition) is 2. The van der Waals surface area contributed by atoms with Gasteiger partial charge in [-0.3, -0.25) is 0 Å². The Kier molecular flexibility index (Phi) is 5.27. The molecule has 5 heteroatoms. The van der Waals surface area contributed by atoms with E-state index in [-0.39, 0.29) is 18.8 Å². The minimum absolute atomic E-state index is 0.0660. The first kappa shape index (κ1) is 11.1. The van der Waals surface area contributed by atoms with Gasteiger partial charge in [-0.1, -0.05) is 6.58 Å². The highest BCUT2D eigenvalue weighted by molar-refractivity contribution is 5.86. The van der Waals surface area contributed by atoms with Crippen LogP contribution in [0.4, 0.5) is 0 Å². The van der Waals surface area contributed by atoms with E-state index in [0.717, 1.165) is 0 Å². The average Bonchev–Trinajstić information content (AvgIpc) is 2.00. The Balaban J connectivity index is 3.54. The Morgan fingerprint density at radius 1 is 1.67 bits per heavy atom. The first-order valence-electron chi connectivity index (χ1n) is 3.40. The van der Waals surface area contributed by atoms with Crippen molar-refractivity contribution in [3.63, 3.8) is 0 Å². The summed E-state index contributed by atoms with van der Waals surface area (Å²) < 4.78 is 4.59. The summed E-state index contributed by atoms with van der Waals surface area (Å²) in [6.45, 7) is 4.69. The molecule has 0 aromatic rings.